The zero-order chi connectivity index (χ0) is 25.8. The molecule has 2 fully saturated rings. The number of fused-ring (bicyclic) bond motifs is 1. The number of hydrogen-bond acceptors (Lipinski definition) is 6. The molecule has 2 aliphatic rings. The van der Waals surface area contributed by atoms with Crippen LogP contribution < -0.4 is 0 Å². The highest BCUT2D eigenvalue weighted by Crippen LogP contribution is 2.52. The molecule has 2 aliphatic heterocycles. The van der Waals surface area contributed by atoms with E-state index in [4.69, 9.17) is 9.47 Å². The first kappa shape index (κ1) is 24.8. The number of rotatable bonds is 8. The van der Waals surface area contributed by atoms with E-state index in [0.717, 1.165) is 16.7 Å². The maximum Gasteiger partial charge on any atom is 0.331 e. The van der Waals surface area contributed by atoms with Gasteiger partial charge in [0.15, 0.2) is 6.10 Å². The predicted octanol–water partition coefficient (Wildman–Crippen LogP) is 5.05. The average Bonchev–Trinajstić information content (AvgIpc) is 3.17. The van der Waals surface area contributed by atoms with Gasteiger partial charge in [-0.05, 0) is 23.6 Å². The van der Waals surface area contributed by atoms with Crippen LogP contribution in [0.15, 0.2) is 103 Å². The quantitative estimate of drug-likeness (QED) is 0.238. The lowest BCUT2D eigenvalue weighted by molar-refractivity contribution is -0.163. The van der Waals surface area contributed by atoms with Gasteiger partial charge in [-0.25, -0.2) is 9.59 Å². The van der Waals surface area contributed by atoms with Gasteiger partial charge in [0.2, 0.25) is 5.91 Å². The van der Waals surface area contributed by atoms with Crippen molar-refractivity contribution in [1.29, 1.82) is 0 Å². The molecule has 188 valence electrons. The molecule has 0 bridgehead atoms. The van der Waals surface area contributed by atoms with Crippen molar-refractivity contribution >= 4 is 29.6 Å². The fourth-order valence-electron chi connectivity index (χ4n) is 4.70. The van der Waals surface area contributed by atoms with E-state index in [0.29, 0.717) is 6.42 Å². The maximum atomic E-state index is 13.7. The number of esters is 2. The molecular weight excluding hydrogens is 486 g/mol. The molecule has 1 amide bonds. The first-order valence-electron chi connectivity index (χ1n) is 12.1. The lowest BCUT2D eigenvalue weighted by atomic mass is 9.95. The van der Waals surface area contributed by atoms with Gasteiger partial charge in [-0.15, -0.1) is 11.8 Å². The van der Waals surface area contributed by atoms with Crippen molar-refractivity contribution in [2.75, 3.05) is 0 Å². The Morgan fingerprint density at radius 1 is 0.973 bits per heavy atom. The molecule has 5 rings (SSSR count). The van der Waals surface area contributed by atoms with Crippen molar-refractivity contribution in [3.8, 4) is 0 Å². The van der Waals surface area contributed by atoms with Crippen LogP contribution in [0.1, 0.15) is 36.1 Å². The van der Waals surface area contributed by atoms with E-state index < -0.39 is 28.8 Å². The summed E-state index contributed by atoms with van der Waals surface area (Å²) in [6.45, 7) is 2.01. The van der Waals surface area contributed by atoms with E-state index in [-0.39, 0.29) is 17.9 Å². The molecule has 0 aromatic heterocycles. The Labute approximate surface area is 220 Å². The Morgan fingerprint density at radius 3 is 2.11 bits per heavy atom. The third-order valence-electron chi connectivity index (χ3n) is 6.59. The second-order valence-electron chi connectivity index (χ2n) is 9.23. The van der Waals surface area contributed by atoms with Crippen LogP contribution in [0.5, 0.6) is 0 Å². The Hall–Kier alpha value is -3.84. The normalized spacial score (nSPS) is 22.5. The number of carbonyl (C=O) groups excluding carboxylic acids is 3. The van der Waals surface area contributed by atoms with Gasteiger partial charge in [0.05, 0.1) is 16.5 Å². The molecule has 0 spiro atoms. The monoisotopic (exact) mass is 513 g/mol. The van der Waals surface area contributed by atoms with Gasteiger partial charge in [-0.2, -0.15) is 0 Å². The van der Waals surface area contributed by atoms with E-state index in [2.05, 4.69) is 0 Å². The number of ether oxygens (including phenoxy) is 2. The Bertz CT molecular complexity index is 1260. The van der Waals surface area contributed by atoms with Gasteiger partial charge in [-0.1, -0.05) is 97.1 Å². The molecule has 3 aromatic rings. The van der Waals surface area contributed by atoms with Crippen LogP contribution in [0.3, 0.4) is 0 Å². The van der Waals surface area contributed by atoms with Crippen molar-refractivity contribution in [1.82, 2.24) is 4.90 Å². The lowest BCUT2D eigenvalue weighted by Gasteiger charge is -2.38. The van der Waals surface area contributed by atoms with Crippen LogP contribution in [0.2, 0.25) is 0 Å². The fourth-order valence-corrected chi connectivity index (χ4v) is 6.35. The Balaban J connectivity index is 1.36. The highest BCUT2D eigenvalue weighted by atomic mass is 32.2. The molecule has 2 heterocycles. The van der Waals surface area contributed by atoms with Gasteiger partial charge >= 0.3 is 11.9 Å². The molecule has 3 atom stereocenters. The Kier molecular flexibility index (Phi) is 7.15. The molecule has 0 aliphatic carbocycles. The van der Waals surface area contributed by atoms with Crippen molar-refractivity contribution in [2.45, 2.75) is 42.2 Å². The van der Waals surface area contributed by atoms with Crippen LogP contribution in [0.4, 0.5) is 0 Å². The van der Waals surface area contributed by atoms with Gasteiger partial charge in [0.25, 0.3) is 0 Å². The van der Waals surface area contributed by atoms with E-state index in [1.165, 1.54) is 17.8 Å². The smallest absolute Gasteiger partial charge is 0.331 e. The van der Waals surface area contributed by atoms with Crippen LogP contribution >= 0.6 is 11.8 Å². The zero-order valence-corrected chi connectivity index (χ0v) is 21.2. The summed E-state index contributed by atoms with van der Waals surface area (Å²) in [5, 5.41) is -0.132. The highest BCUT2D eigenvalue weighted by molar-refractivity contribution is 8.01. The van der Waals surface area contributed by atoms with E-state index in [1.54, 1.807) is 11.0 Å². The van der Waals surface area contributed by atoms with Crippen LogP contribution in [0, 0.1) is 0 Å². The second kappa shape index (κ2) is 10.6. The third kappa shape index (κ3) is 5.32. The van der Waals surface area contributed by atoms with Crippen LogP contribution in [0.25, 0.3) is 0 Å². The Morgan fingerprint density at radius 2 is 1.54 bits per heavy atom. The second-order valence-corrected chi connectivity index (χ2v) is 10.9. The first-order chi connectivity index (χ1) is 17.9. The summed E-state index contributed by atoms with van der Waals surface area (Å²) < 4.78 is 10.6. The standard InChI is InChI=1S/C30H27NO5S/c1-30(18-17-26(33)35-20-21-11-5-2-6-12-21)28(31-24(32)19-25(31)37-30)29(34)36-27(22-13-7-3-8-14-22)23-15-9-4-10-16-23/h2-18,25,27-28H,19-20H2,1H3/t25-,28+,30+/m1/s1. The summed E-state index contributed by atoms with van der Waals surface area (Å²) in [6.07, 6.45) is 2.75. The maximum absolute atomic E-state index is 13.7. The van der Waals surface area contributed by atoms with Gasteiger partial charge < -0.3 is 14.4 Å². The molecule has 2 saturated heterocycles. The molecular formula is C30H27NO5S. The lowest BCUT2D eigenvalue weighted by Crippen LogP contribution is -2.57. The minimum absolute atomic E-state index is 0.0980. The van der Waals surface area contributed by atoms with Crippen molar-refractivity contribution in [3.05, 3.63) is 120 Å². The number of carbonyl (C=O) groups is 3. The molecule has 0 radical (unpaired) electrons. The minimum Gasteiger partial charge on any atom is -0.458 e. The number of thioether (sulfide) groups is 1. The third-order valence-corrected chi connectivity index (χ3v) is 8.13. The number of hydrogen-bond donors (Lipinski definition) is 0. The summed E-state index contributed by atoms with van der Waals surface area (Å²) in [4.78, 5) is 40.3. The number of benzene rings is 3. The summed E-state index contributed by atoms with van der Waals surface area (Å²) in [5.74, 6) is -1.12. The van der Waals surface area contributed by atoms with E-state index in [1.807, 2.05) is 97.9 Å². The van der Waals surface area contributed by atoms with Crippen molar-refractivity contribution < 1.29 is 23.9 Å². The molecule has 6 nitrogen and oxygen atoms in total. The number of β-lactam (4-membered cyclic amide) rings is 1. The van der Waals surface area contributed by atoms with Gasteiger partial charge in [-0.3, -0.25) is 4.79 Å². The molecule has 7 heteroatoms. The largest absolute Gasteiger partial charge is 0.458 e. The summed E-state index contributed by atoms with van der Waals surface area (Å²) in [5.41, 5.74) is 2.55. The predicted molar refractivity (Wildman–Crippen MR) is 141 cm³/mol. The van der Waals surface area contributed by atoms with Crippen molar-refractivity contribution in [3.63, 3.8) is 0 Å². The summed E-state index contributed by atoms with van der Waals surface area (Å²) >= 11 is 1.49. The topological polar surface area (TPSA) is 72.9 Å². The van der Waals surface area contributed by atoms with Crippen molar-refractivity contribution in [2.24, 2.45) is 0 Å². The fraction of sp³-hybridized carbons (Fsp3) is 0.233. The molecule has 0 N–H and O–H groups in total. The SMILES string of the molecule is C[C@@]1(C=CC(=O)OCc2ccccc2)S[C@@H]2CC(=O)N2[C@H]1C(=O)OC(c1ccccc1)c1ccccc1. The summed E-state index contributed by atoms with van der Waals surface area (Å²) in [6, 6.07) is 27.6. The first-order valence-corrected chi connectivity index (χ1v) is 13.0. The summed E-state index contributed by atoms with van der Waals surface area (Å²) in [7, 11) is 0. The van der Waals surface area contributed by atoms with Crippen LogP contribution in [-0.4, -0.2) is 38.9 Å². The van der Waals surface area contributed by atoms with E-state index in [9.17, 15) is 14.4 Å². The van der Waals surface area contributed by atoms with E-state index >= 15 is 0 Å². The van der Waals surface area contributed by atoms with Crippen LogP contribution in [-0.2, 0) is 30.5 Å². The molecule has 37 heavy (non-hydrogen) atoms. The highest BCUT2D eigenvalue weighted by Gasteiger charge is 2.60. The minimum atomic E-state index is -0.864. The van der Waals surface area contributed by atoms with Gasteiger partial charge in [0.1, 0.15) is 12.6 Å². The molecule has 3 aromatic carbocycles. The molecule has 0 unspecified atom stereocenters. The average molecular weight is 514 g/mol. The molecule has 0 saturated carbocycles. The number of nitrogens with zero attached hydrogens (tertiary/aromatic N) is 1. The zero-order valence-electron chi connectivity index (χ0n) is 20.4. The van der Waals surface area contributed by atoms with Gasteiger partial charge in [0, 0.05) is 6.08 Å². The number of amides is 1.